The molecule has 168 valence electrons. The summed E-state index contributed by atoms with van der Waals surface area (Å²) in [4.78, 5) is 38.4. The summed E-state index contributed by atoms with van der Waals surface area (Å²) in [7, 11) is 0. The van der Waals surface area contributed by atoms with Crippen LogP contribution >= 0.6 is 22.9 Å². The zero-order valence-electron chi connectivity index (χ0n) is 17.7. The van der Waals surface area contributed by atoms with Crippen LogP contribution < -0.4 is 26.6 Å². The van der Waals surface area contributed by atoms with Crippen LogP contribution in [-0.4, -0.2) is 22.4 Å². The molecule has 0 fully saturated rings. The molecule has 0 saturated carbocycles. The summed E-state index contributed by atoms with van der Waals surface area (Å²) in [5.41, 5.74) is 1.53. The molecular weight excluding hydrogens is 470 g/mol. The number of hydrogen-bond donors (Lipinski definition) is 2. The van der Waals surface area contributed by atoms with Crippen LogP contribution in [0.5, 0.6) is 0 Å². The van der Waals surface area contributed by atoms with Crippen molar-refractivity contribution in [3.63, 3.8) is 0 Å². The zero-order valence-corrected chi connectivity index (χ0v) is 19.3. The molecule has 2 aromatic heterocycles. The van der Waals surface area contributed by atoms with Gasteiger partial charge in [0.1, 0.15) is 0 Å². The maximum atomic E-state index is 13.1. The summed E-state index contributed by atoms with van der Waals surface area (Å²) in [5, 5.41) is 7.71. The lowest BCUT2D eigenvalue weighted by molar-refractivity contribution is 0.0943. The van der Waals surface area contributed by atoms with Crippen LogP contribution in [0.3, 0.4) is 0 Å². The van der Waals surface area contributed by atoms with Gasteiger partial charge in [0.2, 0.25) is 0 Å². The fraction of sp³-hybridized carbons (Fsp3) is 0.0385. The van der Waals surface area contributed by atoms with Gasteiger partial charge in [-0.3, -0.25) is 19.0 Å². The summed E-state index contributed by atoms with van der Waals surface area (Å²) < 4.78 is 2.03. The largest absolute Gasteiger partial charge is 0.339 e. The number of amides is 2. The van der Waals surface area contributed by atoms with Gasteiger partial charge < -0.3 is 10.6 Å². The minimum absolute atomic E-state index is 0.154. The van der Waals surface area contributed by atoms with E-state index in [1.807, 2.05) is 30.3 Å². The van der Waals surface area contributed by atoms with Crippen LogP contribution in [0.15, 0.2) is 89.9 Å². The first-order chi connectivity index (χ1) is 16.5. The second kappa shape index (κ2) is 9.13. The molecule has 0 unspecified atom stereocenters. The number of hydrogen-bond acceptors (Lipinski definition) is 4. The Morgan fingerprint density at radius 3 is 2.38 bits per heavy atom. The summed E-state index contributed by atoms with van der Waals surface area (Å²) in [6.07, 6.45) is 3.58. The van der Waals surface area contributed by atoms with Crippen molar-refractivity contribution < 1.29 is 9.59 Å². The molecule has 1 aliphatic carbocycles. The van der Waals surface area contributed by atoms with Crippen LogP contribution in [0.1, 0.15) is 20.0 Å². The molecular formula is C26H18ClN3O3S. The molecule has 0 spiro atoms. The van der Waals surface area contributed by atoms with Crippen molar-refractivity contribution in [1.29, 1.82) is 0 Å². The standard InChI is InChI=1S/C26H18ClN3O3S/c27-22-13-12-21(34-22)26(33)28-20-15-17-5-1-2-6-19(17)24(20)29-25(32)16-8-10-18(11-9-16)30-14-4-3-7-23(30)31/h1-15,20H,(H,28,33)(H,29,32)/t20-/m1/s1. The molecule has 2 amide bonds. The van der Waals surface area contributed by atoms with E-state index >= 15 is 0 Å². The van der Waals surface area contributed by atoms with Gasteiger partial charge in [0.05, 0.1) is 21.0 Å². The predicted octanol–water partition coefficient (Wildman–Crippen LogP) is 2.68. The highest BCUT2D eigenvalue weighted by atomic mass is 35.5. The number of fused-ring (bicyclic) bond motifs is 1. The molecule has 0 bridgehead atoms. The van der Waals surface area contributed by atoms with E-state index in [0.717, 1.165) is 10.4 Å². The van der Waals surface area contributed by atoms with Crippen LogP contribution in [0.4, 0.5) is 0 Å². The number of benzene rings is 2. The monoisotopic (exact) mass is 487 g/mol. The maximum absolute atomic E-state index is 13.1. The summed E-state index contributed by atoms with van der Waals surface area (Å²) in [6, 6.07) is 22.1. The average molecular weight is 488 g/mol. The number of halogens is 1. The number of rotatable bonds is 5. The molecule has 0 radical (unpaired) electrons. The van der Waals surface area contributed by atoms with Crippen LogP contribution in [0.25, 0.3) is 17.5 Å². The number of pyridine rings is 1. The quantitative estimate of drug-likeness (QED) is 0.454. The molecule has 4 aromatic rings. The summed E-state index contributed by atoms with van der Waals surface area (Å²) in [6.45, 7) is 0. The second-order valence-corrected chi connectivity index (χ2v) is 9.35. The van der Waals surface area contributed by atoms with Crippen molar-refractivity contribution in [3.05, 3.63) is 121 Å². The van der Waals surface area contributed by atoms with Crippen molar-refractivity contribution in [1.82, 2.24) is 15.2 Å². The van der Waals surface area contributed by atoms with E-state index in [9.17, 15) is 14.4 Å². The van der Waals surface area contributed by atoms with Gasteiger partial charge in [0, 0.05) is 28.7 Å². The van der Waals surface area contributed by atoms with Crippen LogP contribution in [0.2, 0.25) is 4.34 Å². The first kappa shape index (κ1) is 21.9. The van der Waals surface area contributed by atoms with Crippen molar-refractivity contribution in [2.45, 2.75) is 6.04 Å². The minimum atomic E-state index is -0.503. The topological polar surface area (TPSA) is 80.2 Å². The fourth-order valence-corrected chi connectivity index (χ4v) is 4.78. The van der Waals surface area contributed by atoms with E-state index in [1.165, 1.54) is 22.0 Å². The highest BCUT2D eigenvalue weighted by molar-refractivity contribution is 7.18. The van der Waals surface area contributed by atoms with Crippen LogP contribution in [-0.2, 0) is 0 Å². The van der Waals surface area contributed by atoms with Gasteiger partial charge in [0.25, 0.3) is 17.4 Å². The molecule has 8 heteroatoms. The van der Waals surface area contributed by atoms with E-state index in [2.05, 4.69) is 10.6 Å². The Morgan fingerprint density at radius 1 is 0.882 bits per heavy atom. The SMILES string of the molecule is O=C(NC1=c2ccccc2=C[C@H]1NC(=O)c1ccc(Cl)s1)c1ccc(-n2ccccc2=O)cc1. The molecule has 2 heterocycles. The van der Waals surface area contributed by atoms with Crippen molar-refractivity contribution in [3.8, 4) is 5.69 Å². The Balaban J connectivity index is 1.40. The van der Waals surface area contributed by atoms with E-state index in [1.54, 1.807) is 54.7 Å². The van der Waals surface area contributed by atoms with Crippen molar-refractivity contribution in [2.24, 2.45) is 0 Å². The first-order valence-corrected chi connectivity index (χ1v) is 11.7. The Morgan fingerprint density at radius 2 is 1.65 bits per heavy atom. The molecule has 2 N–H and O–H groups in total. The average Bonchev–Trinajstić information content (AvgIpc) is 3.43. The molecule has 34 heavy (non-hydrogen) atoms. The van der Waals surface area contributed by atoms with E-state index in [-0.39, 0.29) is 17.4 Å². The highest BCUT2D eigenvalue weighted by Gasteiger charge is 2.23. The van der Waals surface area contributed by atoms with Gasteiger partial charge in [-0.1, -0.05) is 41.9 Å². The van der Waals surface area contributed by atoms with Gasteiger partial charge in [0.15, 0.2) is 0 Å². The molecule has 2 aromatic carbocycles. The molecule has 1 atom stereocenters. The highest BCUT2D eigenvalue weighted by Crippen LogP contribution is 2.21. The number of carbonyl (C=O) groups excluding carboxylic acids is 2. The Labute approximate surface area is 203 Å². The van der Waals surface area contributed by atoms with Gasteiger partial charge in [-0.15, -0.1) is 11.3 Å². The normalized spacial score (nSPS) is 14.3. The predicted molar refractivity (Wildman–Crippen MR) is 134 cm³/mol. The Bertz CT molecular complexity index is 1590. The second-order valence-electron chi connectivity index (χ2n) is 7.63. The Hall–Kier alpha value is -3.94. The van der Waals surface area contributed by atoms with Crippen LogP contribution in [0, 0.1) is 0 Å². The van der Waals surface area contributed by atoms with Gasteiger partial charge in [-0.05, 0) is 53.8 Å². The number of nitrogens with one attached hydrogen (secondary N) is 2. The van der Waals surface area contributed by atoms with Gasteiger partial charge in [-0.2, -0.15) is 0 Å². The van der Waals surface area contributed by atoms with Gasteiger partial charge in [-0.25, -0.2) is 0 Å². The molecule has 1 aliphatic rings. The number of carbonyl (C=O) groups is 2. The van der Waals surface area contributed by atoms with E-state index < -0.39 is 6.04 Å². The summed E-state index contributed by atoms with van der Waals surface area (Å²) >= 11 is 7.16. The zero-order chi connectivity index (χ0) is 23.7. The lowest BCUT2D eigenvalue weighted by atomic mass is 10.1. The summed E-state index contributed by atoms with van der Waals surface area (Å²) in [5.74, 6) is -0.583. The smallest absolute Gasteiger partial charge is 0.262 e. The Kier molecular flexibility index (Phi) is 5.88. The van der Waals surface area contributed by atoms with E-state index in [0.29, 0.717) is 26.2 Å². The maximum Gasteiger partial charge on any atom is 0.262 e. The lowest BCUT2D eigenvalue weighted by Gasteiger charge is -2.17. The first-order valence-electron chi connectivity index (χ1n) is 10.5. The lowest BCUT2D eigenvalue weighted by Crippen LogP contribution is -2.40. The number of nitrogens with zero attached hydrogens (tertiary/aromatic N) is 1. The minimum Gasteiger partial charge on any atom is -0.339 e. The third-order valence-corrected chi connectivity index (χ3v) is 6.70. The number of thiophene rings is 1. The van der Waals surface area contributed by atoms with Crippen molar-refractivity contribution in [2.75, 3.05) is 0 Å². The molecule has 5 rings (SSSR count). The third-order valence-electron chi connectivity index (χ3n) is 5.47. The molecule has 6 nitrogen and oxygen atoms in total. The number of aromatic nitrogens is 1. The van der Waals surface area contributed by atoms with Gasteiger partial charge >= 0.3 is 0 Å². The third kappa shape index (κ3) is 4.31. The molecule has 0 saturated heterocycles. The van der Waals surface area contributed by atoms with Crippen molar-refractivity contribution >= 4 is 46.5 Å². The fourth-order valence-electron chi connectivity index (χ4n) is 3.83. The molecule has 0 aliphatic heterocycles. The van der Waals surface area contributed by atoms with E-state index in [4.69, 9.17) is 11.6 Å².